The van der Waals surface area contributed by atoms with E-state index in [1.165, 1.54) is 25.7 Å². The van der Waals surface area contributed by atoms with Crippen LogP contribution in [0.4, 0.5) is 0 Å². The van der Waals surface area contributed by atoms with Crippen LogP contribution in [0.5, 0.6) is 5.75 Å². The van der Waals surface area contributed by atoms with Gasteiger partial charge in [0.1, 0.15) is 5.75 Å². The molecular formula is C22H36ClNO2. The summed E-state index contributed by atoms with van der Waals surface area (Å²) in [4.78, 5) is 15.0. The minimum atomic E-state index is 0. The molecule has 0 aromatic heterocycles. The smallest absolute Gasteiger partial charge is 0.164 e. The molecule has 26 heavy (non-hydrogen) atoms. The Kier molecular flexibility index (Phi) is 10.9. The van der Waals surface area contributed by atoms with Gasteiger partial charge in [-0.25, -0.2) is 0 Å². The lowest BCUT2D eigenvalue weighted by Crippen LogP contribution is -2.35. The van der Waals surface area contributed by atoms with Crippen LogP contribution < -0.4 is 4.74 Å². The van der Waals surface area contributed by atoms with Crippen molar-refractivity contribution in [2.24, 2.45) is 5.92 Å². The van der Waals surface area contributed by atoms with Crippen LogP contribution in [0, 0.1) is 5.92 Å². The fourth-order valence-corrected chi connectivity index (χ4v) is 3.69. The van der Waals surface area contributed by atoms with E-state index in [1.54, 1.807) is 0 Å². The number of carbonyl (C=O) groups is 1. The van der Waals surface area contributed by atoms with Crippen LogP contribution in [-0.2, 0) is 6.42 Å². The number of hydrogen-bond donors (Lipinski definition) is 0. The number of aryl methyl sites for hydroxylation is 1. The Morgan fingerprint density at radius 1 is 1.15 bits per heavy atom. The van der Waals surface area contributed by atoms with Crippen LogP contribution >= 0.6 is 12.4 Å². The number of ketones is 1. The van der Waals surface area contributed by atoms with Crippen LogP contribution in [0.15, 0.2) is 18.2 Å². The predicted octanol–water partition coefficient (Wildman–Crippen LogP) is 5.54. The molecule has 1 aliphatic heterocycles. The van der Waals surface area contributed by atoms with Crippen molar-refractivity contribution in [2.45, 2.75) is 65.7 Å². The number of hydrogen-bond acceptors (Lipinski definition) is 3. The third-order valence-corrected chi connectivity index (χ3v) is 5.28. The molecule has 0 bridgehead atoms. The Bertz CT molecular complexity index is 539. The Hall–Kier alpha value is -1.06. The van der Waals surface area contributed by atoms with E-state index in [0.29, 0.717) is 6.42 Å². The zero-order valence-corrected chi connectivity index (χ0v) is 17.6. The summed E-state index contributed by atoms with van der Waals surface area (Å²) in [5.41, 5.74) is 1.97. The topological polar surface area (TPSA) is 29.5 Å². The lowest BCUT2D eigenvalue weighted by atomic mass is 9.92. The fourth-order valence-electron chi connectivity index (χ4n) is 3.69. The molecule has 1 aromatic rings. The van der Waals surface area contributed by atoms with Crippen molar-refractivity contribution in [1.82, 2.24) is 4.90 Å². The summed E-state index contributed by atoms with van der Waals surface area (Å²) < 4.78 is 5.78. The maximum Gasteiger partial charge on any atom is 0.164 e. The molecule has 1 aromatic carbocycles. The van der Waals surface area contributed by atoms with Crippen LogP contribution in [0.1, 0.15) is 75.2 Å². The van der Waals surface area contributed by atoms with Gasteiger partial charge in [-0.15, -0.1) is 12.4 Å². The van der Waals surface area contributed by atoms with Gasteiger partial charge >= 0.3 is 0 Å². The van der Waals surface area contributed by atoms with E-state index in [4.69, 9.17) is 4.74 Å². The second-order valence-corrected chi connectivity index (χ2v) is 7.27. The first-order chi connectivity index (χ1) is 12.2. The molecule has 148 valence electrons. The van der Waals surface area contributed by atoms with Gasteiger partial charge in [0.2, 0.25) is 0 Å². The number of ether oxygens (including phenoxy) is 1. The van der Waals surface area contributed by atoms with Crippen LogP contribution in [-0.4, -0.2) is 36.9 Å². The number of piperidine rings is 1. The SMILES string of the molecule is CCCOc1ccc(C(=O)CCN2CCC(CCC)CC2)cc1CC.Cl. The Morgan fingerprint density at radius 3 is 2.50 bits per heavy atom. The molecule has 2 rings (SSSR count). The summed E-state index contributed by atoms with van der Waals surface area (Å²) >= 11 is 0. The zero-order valence-electron chi connectivity index (χ0n) is 16.8. The molecule has 0 spiro atoms. The summed E-state index contributed by atoms with van der Waals surface area (Å²) in [6.07, 6.45) is 7.76. The Labute approximate surface area is 165 Å². The average molecular weight is 382 g/mol. The zero-order chi connectivity index (χ0) is 18.1. The molecule has 1 aliphatic rings. The first-order valence-corrected chi connectivity index (χ1v) is 10.2. The molecule has 1 fully saturated rings. The quantitative estimate of drug-likeness (QED) is 0.498. The molecule has 0 saturated carbocycles. The molecule has 0 unspecified atom stereocenters. The second kappa shape index (κ2) is 12.3. The highest BCUT2D eigenvalue weighted by molar-refractivity contribution is 5.96. The normalized spacial score (nSPS) is 15.5. The Morgan fingerprint density at radius 2 is 1.88 bits per heavy atom. The van der Waals surface area contributed by atoms with Crippen LogP contribution in [0.25, 0.3) is 0 Å². The lowest BCUT2D eigenvalue weighted by molar-refractivity contribution is 0.0949. The molecule has 0 amide bonds. The summed E-state index contributed by atoms with van der Waals surface area (Å²) in [6, 6.07) is 5.93. The van der Waals surface area contributed by atoms with Gasteiger partial charge in [0, 0.05) is 18.5 Å². The van der Waals surface area contributed by atoms with Gasteiger partial charge in [-0.05, 0) is 68.5 Å². The van der Waals surface area contributed by atoms with E-state index in [0.717, 1.165) is 61.9 Å². The number of Topliss-reactive ketones (excluding diaryl/α,β-unsaturated/α-hetero) is 1. The van der Waals surface area contributed by atoms with E-state index in [-0.39, 0.29) is 18.2 Å². The summed E-state index contributed by atoms with van der Waals surface area (Å²) in [5, 5.41) is 0. The number of nitrogens with zero attached hydrogens (tertiary/aromatic N) is 1. The molecule has 0 radical (unpaired) electrons. The molecular weight excluding hydrogens is 346 g/mol. The summed E-state index contributed by atoms with van der Waals surface area (Å²) in [6.45, 7) is 10.4. The van der Waals surface area contributed by atoms with Crippen molar-refractivity contribution in [2.75, 3.05) is 26.2 Å². The predicted molar refractivity (Wildman–Crippen MR) is 112 cm³/mol. The Balaban J connectivity index is 0.00000338. The van der Waals surface area contributed by atoms with Crippen molar-refractivity contribution < 1.29 is 9.53 Å². The van der Waals surface area contributed by atoms with E-state index in [2.05, 4.69) is 25.7 Å². The summed E-state index contributed by atoms with van der Waals surface area (Å²) in [5.74, 6) is 2.09. The van der Waals surface area contributed by atoms with Gasteiger partial charge < -0.3 is 9.64 Å². The fraction of sp³-hybridized carbons (Fsp3) is 0.682. The number of carbonyl (C=O) groups excluding carboxylic acids is 1. The highest BCUT2D eigenvalue weighted by atomic mass is 35.5. The monoisotopic (exact) mass is 381 g/mol. The van der Waals surface area contributed by atoms with Gasteiger partial charge in [0.25, 0.3) is 0 Å². The van der Waals surface area contributed by atoms with Crippen molar-refractivity contribution >= 4 is 18.2 Å². The van der Waals surface area contributed by atoms with Gasteiger partial charge in [-0.2, -0.15) is 0 Å². The van der Waals surface area contributed by atoms with Crippen molar-refractivity contribution in [3.05, 3.63) is 29.3 Å². The van der Waals surface area contributed by atoms with E-state index in [9.17, 15) is 4.79 Å². The lowest BCUT2D eigenvalue weighted by Gasteiger charge is -2.31. The molecule has 1 heterocycles. The highest BCUT2D eigenvalue weighted by Gasteiger charge is 2.19. The van der Waals surface area contributed by atoms with Gasteiger partial charge in [-0.3, -0.25) is 4.79 Å². The standard InChI is InChI=1S/C22H35NO2.ClH/c1-4-7-18-10-13-23(14-11-18)15-12-21(24)20-8-9-22(25-16-5-2)19(6-3)17-20;/h8-9,17-18H,4-7,10-16H2,1-3H3;1H. The molecule has 0 atom stereocenters. The highest BCUT2D eigenvalue weighted by Crippen LogP contribution is 2.23. The number of halogens is 1. The first kappa shape index (κ1) is 23.0. The van der Waals surface area contributed by atoms with Crippen molar-refractivity contribution in [1.29, 1.82) is 0 Å². The minimum Gasteiger partial charge on any atom is -0.493 e. The first-order valence-electron chi connectivity index (χ1n) is 10.2. The maximum absolute atomic E-state index is 12.6. The van der Waals surface area contributed by atoms with Crippen LogP contribution in [0.3, 0.4) is 0 Å². The number of benzene rings is 1. The second-order valence-electron chi connectivity index (χ2n) is 7.27. The third kappa shape index (κ3) is 6.92. The average Bonchev–Trinajstić information content (AvgIpc) is 2.65. The summed E-state index contributed by atoms with van der Waals surface area (Å²) in [7, 11) is 0. The largest absolute Gasteiger partial charge is 0.493 e. The van der Waals surface area contributed by atoms with E-state index in [1.807, 2.05) is 18.2 Å². The molecule has 3 nitrogen and oxygen atoms in total. The van der Waals surface area contributed by atoms with Gasteiger partial charge in [0.15, 0.2) is 5.78 Å². The molecule has 4 heteroatoms. The minimum absolute atomic E-state index is 0. The van der Waals surface area contributed by atoms with E-state index >= 15 is 0 Å². The van der Waals surface area contributed by atoms with Gasteiger partial charge in [0.05, 0.1) is 6.61 Å². The maximum atomic E-state index is 12.6. The number of rotatable bonds is 10. The van der Waals surface area contributed by atoms with Crippen molar-refractivity contribution in [3.63, 3.8) is 0 Å². The molecule has 1 saturated heterocycles. The third-order valence-electron chi connectivity index (χ3n) is 5.28. The number of likely N-dealkylation sites (tertiary alicyclic amines) is 1. The van der Waals surface area contributed by atoms with Crippen LogP contribution in [0.2, 0.25) is 0 Å². The molecule has 0 aliphatic carbocycles. The van der Waals surface area contributed by atoms with Crippen molar-refractivity contribution in [3.8, 4) is 5.75 Å². The molecule has 0 N–H and O–H groups in total. The van der Waals surface area contributed by atoms with E-state index < -0.39 is 0 Å². The van der Waals surface area contributed by atoms with Gasteiger partial charge in [-0.1, -0.05) is 33.6 Å².